The topological polar surface area (TPSA) is 102 Å². The van der Waals surface area contributed by atoms with E-state index in [1.807, 2.05) is 67.6 Å². The molecule has 2 N–H and O–H groups in total. The lowest BCUT2D eigenvalue weighted by Crippen LogP contribution is -2.06. The zero-order chi connectivity index (χ0) is 21.6. The highest BCUT2D eigenvalue weighted by molar-refractivity contribution is 5.87. The van der Waals surface area contributed by atoms with Crippen molar-refractivity contribution in [2.24, 2.45) is 0 Å². The van der Waals surface area contributed by atoms with Gasteiger partial charge in [-0.15, -0.1) is 10.2 Å². The van der Waals surface area contributed by atoms with E-state index in [1.165, 1.54) is 7.11 Å². The first-order valence-corrected chi connectivity index (χ1v) is 9.58. The normalized spacial score (nSPS) is 10.4. The molecular formula is C23H20N6O2. The number of carbonyl (C=O) groups excluding carboxylic acids is 1. The predicted molar refractivity (Wildman–Crippen MR) is 119 cm³/mol. The van der Waals surface area contributed by atoms with Gasteiger partial charge in [0, 0.05) is 23.0 Å². The molecule has 0 atom stereocenters. The molecule has 0 amide bonds. The Morgan fingerprint density at radius 1 is 0.806 bits per heavy atom. The minimum Gasteiger partial charge on any atom is -0.464 e. The van der Waals surface area contributed by atoms with Crippen LogP contribution in [0.1, 0.15) is 16.3 Å². The largest absolute Gasteiger partial charge is 0.464 e. The monoisotopic (exact) mass is 412 g/mol. The standard InChI is InChI=1S/C23H20N6O2/c1-15-24-20(16-7-4-3-5-8-16)14-22(25-15)27-18-10-6-9-17(13-18)26-21-12-11-19(28-29-21)23(30)31-2/h3-14H,1-2H3,(H,26,29)(H,24,25,27). The summed E-state index contributed by atoms with van der Waals surface area (Å²) in [4.78, 5) is 20.5. The smallest absolute Gasteiger partial charge is 0.358 e. The third kappa shape index (κ3) is 4.99. The number of carbonyl (C=O) groups is 1. The van der Waals surface area contributed by atoms with Gasteiger partial charge in [0.1, 0.15) is 11.6 Å². The summed E-state index contributed by atoms with van der Waals surface area (Å²) < 4.78 is 4.63. The number of benzene rings is 2. The van der Waals surface area contributed by atoms with Crippen LogP contribution in [0.2, 0.25) is 0 Å². The second-order valence-corrected chi connectivity index (χ2v) is 6.68. The molecule has 0 bridgehead atoms. The Morgan fingerprint density at radius 2 is 1.55 bits per heavy atom. The van der Waals surface area contributed by atoms with Crippen molar-refractivity contribution in [3.8, 4) is 11.3 Å². The highest BCUT2D eigenvalue weighted by Gasteiger charge is 2.08. The van der Waals surface area contributed by atoms with Crippen LogP contribution in [0.5, 0.6) is 0 Å². The van der Waals surface area contributed by atoms with Gasteiger partial charge in [0.2, 0.25) is 0 Å². The van der Waals surface area contributed by atoms with Gasteiger partial charge in [0.05, 0.1) is 12.8 Å². The molecule has 0 fully saturated rings. The summed E-state index contributed by atoms with van der Waals surface area (Å²) in [6.07, 6.45) is 0. The third-order valence-corrected chi connectivity index (χ3v) is 4.37. The fourth-order valence-electron chi connectivity index (χ4n) is 2.97. The molecule has 2 heterocycles. The van der Waals surface area contributed by atoms with Gasteiger partial charge >= 0.3 is 5.97 Å². The molecule has 0 aliphatic carbocycles. The summed E-state index contributed by atoms with van der Waals surface area (Å²) >= 11 is 0. The summed E-state index contributed by atoms with van der Waals surface area (Å²) in [5.74, 6) is 1.36. The van der Waals surface area contributed by atoms with E-state index in [1.54, 1.807) is 12.1 Å². The van der Waals surface area contributed by atoms with E-state index < -0.39 is 5.97 Å². The molecule has 31 heavy (non-hydrogen) atoms. The first-order chi connectivity index (χ1) is 15.1. The predicted octanol–water partition coefficient (Wildman–Crippen LogP) is 4.52. The second-order valence-electron chi connectivity index (χ2n) is 6.68. The number of anilines is 4. The van der Waals surface area contributed by atoms with Crippen LogP contribution in [-0.4, -0.2) is 33.2 Å². The van der Waals surface area contributed by atoms with E-state index in [0.717, 1.165) is 22.6 Å². The lowest BCUT2D eigenvalue weighted by molar-refractivity contribution is 0.0593. The molecule has 4 rings (SSSR count). The number of hydrogen-bond donors (Lipinski definition) is 2. The molecule has 0 aliphatic heterocycles. The van der Waals surface area contributed by atoms with E-state index in [2.05, 4.69) is 35.5 Å². The molecule has 154 valence electrons. The first kappa shape index (κ1) is 20.0. The Hall–Kier alpha value is -4.33. The second kappa shape index (κ2) is 9.00. The Morgan fingerprint density at radius 3 is 2.23 bits per heavy atom. The van der Waals surface area contributed by atoms with Crippen LogP contribution in [-0.2, 0) is 4.74 Å². The number of nitrogens with one attached hydrogen (secondary N) is 2. The molecule has 8 nitrogen and oxygen atoms in total. The minimum absolute atomic E-state index is 0.150. The van der Waals surface area contributed by atoms with Crippen molar-refractivity contribution >= 4 is 29.0 Å². The van der Waals surface area contributed by atoms with Gasteiger partial charge in [-0.3, -0.25) is 0 Å². The first-order valence-electron chi connectivity index (χ1n) is 9.58. The fraction of sp³-hybridized carbons (Fsp3) is 0.0870. The quantitative estimate of drug-likeness (QED) is 0.446. The lowest BCUT2D eigenvalue weighted by atomic mass is 10.1. The molecule has 0 saturated heterocycles. The highest BCUT2D eigenvalue weighted by atomic mass is 16.5. The molecule has 8 heteroatoms. The number of ether oxygens (including phenoxy) is 1. The molecule has 0 saturated carbocycles. The van der Waals surface area contributed by atoms with Crippen molar-refractivity contribution in [1.82, 2.24) is 20.2 Å². The van der Waals surface area contributed by atoms with Crippen molar-refractivity contribution < 1.29 is 9.53 Å². The Bertz CT molecular complexity index is 1200. The van der Waals surface area contributed by atoms with Crippen molar-refractivity contribution in [1.29, 1.82) is 0 Å². The van der Waals surface area contributed by atoms with Crippen molar-refractivity contribution in [3.05, 3.63) is 84.3 Å². The van der Waals surface area contributed by atoms with Gasteiger partial charge < -0.3 is 15.4 Å². The molecule has 0 spiro atoms. The molecule has 0 aliphatic rings. The fourth-order valence-corrected chi connectivity index (χ4v) is 2.97. The van der Waals surface area contributed by atoms with Crippen molar-refractivity contribution in [3.63, 3.8) is 0 Å². The highest BCUT2D eigenvalue weighted by Crippen LogP contribution is 2.24. The molecule has 4 aromatic rings. The van der Waals surface area contributed by atoms with Crippen LogP contribution in [0.3, 0.4) is 0 Å². The molecular weight excluding hydrogens is 392 g/mol. The minimum atomic E-state index is -0.528. The summed E-state index contributed by atoms with van der Waals surface area (Å²) in [5, 5.41) is 14.4. The van der Waals surface area contributed by atoms with Gasteiger partial charge in [0.25, 0.3) is 0 Å². The van der Waals surface area contributed by atoms with Crippen LogP contribution < -0.4 is 10.6 Å². The maximum atomic E-state index is 11.5. The summed E-state index contributed by atoms with van der Waals surface area (Å²) in [6.45, 7) is 1.87. The van der Waals surface area contributed by atoms with Gasteiger partial charge in [0.15, 0.2) is 11.5 Å². The average Bonchev–Trinajstić information content (AvgIpc) is 2.79. The van der Waals surface area contributed by atoms with Crippen LogP contribution in [0.25, 0.3) is 11.3 Å². The van der Waals surface area contributed by atoms with Crippen LogP contribution in [0.15, 0.2) is 72.8 Å². The van der Waals surface area contributed by atoms with Crippen molar-refractivity contribution in [2.45, 2.75) is 6.92 Å². The average molecular weight is 412 g/mol. The van der Waals surface area contributed by atoms with E-state index in [9.17, 15) is 4.79 Å². The third-order valence-electron chi connectivity index (χ3n) is 4.37. The maximum Gasteiger partial charge on any atom is 0.358 e. The lowest BCUT2D eigenvalue weighted by Gasteiger charge is -2.11. The number of methoxy groups -OCH3 is 1. The zero-order valence-electron chi connectivity index (χ0n) is 17.0. The number of aryl methyl sites for hydroxylation is 1. The number of aromatic nitrogens is 4. The summed E-state index contributed by atoms with van der Waals surface area (Å²) in [7, 11) is 1.30. The summed E-state index contributed by atoms with van der Waals surface area (Å²) in [6, 6.07) is 22.8. The summed E-state index contributed by atoms with van der Waals surface area (Å²) in [5.41, 5.74) is 3.68. The van der Waals surface area contributed by atoms with E-state index in [0.29, 0.717) is 17.5 Å². The Kier molecular flexibility index (Phi) is 5.79. The molecule has 0 unspecified atom stereocenters. The zero-order valence-corrected chi connectivity index (χ0v) is 17.0. The molecule has 0 radical (unpaired) electrons. The van der Waals surface area contributed by atoms with Crippen LogP contribution in [0, 0.1) is 6.92 Å². The molecule has 2 aromatic carbocycles. The number of hydrogen-bond acceptors (Lipinski definition) is 8. The SMILES string of the molecule is COC(=O)c1ccc(Nc2cccc(Nc3cc(-c4ccccc4)nc(C)n3)c2)nn1. The number of nitrogens with zero attached hydrogens (tertiary/aromatic N) is 4. The van der Waals surface area contributed by atoms with Gasteiger partial charge in [-0.05, 0) is 37.3 Å². The van der Waals surface area contributed by atoms with Crippen molar-refractivity contribution in [2.75, 3.05) is 17.7 Å². The maximum absolute atomic E-state index is 11.5. The van der Waals surface area contributed by atoms with E-state index in [4.69, 9.17) is 0 Å². The van der Waals surface area contributed by atoms with Gasteiger partial charge in [-0.2, -0.15) is 0 Å². The van der Waals surface area contributed by atoms with Crippen LogP contribution in [0.4, 0.5) is 23.0 Å². The van der Waals surface area contributed by atoms with E-state index in [-0.39, 0.29) is 5.69 Å². The Labute approximate surface area is 179 Å². The van der Waals surface area contributed by atoms with Crippen LogP contribution >= 0.6 is 0 Å². The van der Waals surface area contributed by atoms with E-state index >= 15 is 0 Å². The van der Waals surface area contributed by atoms with Gasteiger partial charge in [-0.1, -0.05) is 36.4 Å². The number of esters is 1. The molecule has 2 aromatic heterocycles. The Balaban J connectivity index is 1.51. The van der Waals surface area contributed by atoms with Gasteiger partial charge in [-0.25, -0.2) is 14.8 Å². The number of rotatable bonds is 6.